The number of hydrogen-bond acceptors (Lipinski definition) is 4. The van der Waals surface area contributed by atoms with Crippen LogP contribution in [0.2, 0.25) is 0 Å². The van der Waals surface area contributed by atoms with Crippen molar-refractivity contribution in [3.63, 3.8) is 0 Å². The minimum atomic E-state index is -0.428. The van der Waals surface area contributed by atoms with Crippen molar-refractivity contribution in [2.45, 2.75) is 6.92 Å². The third-order valence-corrected chi connectivity index (χ3v) is 2.83. The highest BCUT2D eigenvalue weighted by Crippen LogP contribution is 2.23. The second kappa shape index (κ2) is 3.79. The summed E-state index contributed by atoms with van der Waals surface area (Å²) in [6, 6.07) is 1.74. The van der Waals surface area contributed by atoms with Crippen LogP contribution in [0.5, 0.6) is 0 Å². The summed E-state index contributed by atoms with van der Waals surface area (Å²) >= 11 is 3.35. The molecule has 0 aliphatic rings. The molecule has 0 saturated heterocycles. The van der Waals surface area contributed by atoms with E-state index in [0.717, 1.165) is 4.47 Å². The van der Waals surface area contributed by atoms with Gasteiger partial charge in [0.2, 0.25) is 0 Å². The van der Waals surface area contributed by atoms with Crippen LogP contribution in [0.25, 0.3) is 5.65 Å². The molecule has 2 aromatic rings. The number of anilines is 1. The quantitative estimate of drug-likeness (QED) is 0.810. The Hall–Kier alpha value is -1.56. The molecule has 0 aliphatic heterocycles. The molecule has 6 heteroatoms. The molecule has 0 aromatic carbocycles. The van der Waals surface area contributed by atoms with E-state index in [1.807, 2.05) is 0 Å². The van der Waals surface area contributed by atoms with Gasteiger partial charge in [0, 0.05) is 11.9 Å². The second-order valence-corrected chi connectivity index (χ2v) is 4.21. The standard InChI is InChI=1S/C10H10BrN3O2/c1-5-8(10(15)16-2)14-4-6(12)3-7(11)9(14)13-5/h3-4H,12H2,1-2H3. The molecule has 2 aromatic heterocycles. The van der Waals surface area contributed by atoms with Crippen molar-refractivity contribution in [3.05, 3.63) is 28.1 Å². The van der Waals surface area contributed by atoms with Gasteiger partial charge in [0.25, 0.3) is 0 Å². The minimum absolute atomic E-state index is 0.394. The number of imidazole rings is 1. The van der Waals surface area contributed by atoms with Crippen molar-refractivity contribution < 1.29 is 9.53 Å². The van der Waals surface area contributed by atoms with Crippen LogP contribution < -0.4 is 5.73 Å². The number of ether oxygens (including phenoxy) is 1. The number of nitrogen functional groups attached to an aromatic ring is 1. The summed E-state index contributed by atoms with van der Waals surface area (Å²) in [6.45, 7) is 1.75. The third-order valence-electron chi connectivity index (χ3n) is 2.25. The molecular weight excluding hydrogens is 274 g/mol. The highest BCUT2D eigenvalue weighted by molar-refractivity contribution is 9.10. The van der Waals surface area contributed by atoms with E-state index in [1.165, 1.54) is 7.11 Å². The lowest BCUT2D eigenvalue weighted by Gasteiger charge is -2.03. The maximum Gasteiger partial charge on any atom is 0.356 e. The van der Waals surface area contributed by atoms with E-state index in [9.17, 15) is 4.79 Å². The van der Waals surface area contributed by atoms with Crippen LogP contribution in [0.4, 0.5) is 5.69 Å². The van der Waals surface area contributed by atoms with Crippen molar-refractivity contribution in [2.24, 2.45) is 0 Å². The highest BCUT2D eigenvalue weighted by Gasteiger charge is 2.18. The van der Waals surface area contributed by atoms with Crippen LogP contribution in [0.1, 0.15) is 16.2 Å². The number of rotatable bonds is 1. The number of aromatic nitrogens is 2. The SMILES string of the molecule is COC(=O)c1c(C)nc2c(Br)cc(N)cn12. The van der Waals surface area contributed by atoms with Crippen LogP contribution in [0.15, 0.2) is 16.7 Å². The predicted octanol–water partition coefficient (Wildman–Crippen LogP) is 1.77. The van der Waals surface area contributed by atoms with Crippen molar-refractivity contribution in [1.29, 1.82) is 0 Å². The predicted molar refractivity (Wildman–Crippen MR) is 63.4 cm³/mol. The molecule has 0 aliphatic carbocycles. The Balaban J connectivity index is 2.83. The lowest BCUT2D eigenvalue weighted by Crippen LogP contribution is -2.07. The molecule has 0 spiro atoms. The first-order valence-corrected chi connectivity index (χ1v) is 5.36. The third kappa shape index (κ3) is 1.55. The Morgan fingerprint density at radius 3 is 2.94 bits per heavy atom. The van der Waals surface area contributed by atoms with E-state index >= 15 is 0 Å². The van der Waals surface area contributed by atoms with Gasteiger partial charge in [-0.1, -0.05) is 0 Å². The van der Waals surface area contributed by atoms with Crippen molar-refractivity contribution >= 4 is 33.2 Å². The molecule has 0 fully saturated rings. The molecule has 0 bridgehead atoms. The van der Waals surface area contributed by atoms with Gasteiger partial charge in [0.1, 0.15) is 0 Å². The Labute approximate surface area is 100 Å². The zero-order valence-electron chi connectivity index (χ0n) is 8.82. The molecule has 2 heterocycles. The first-order valence-electron chi connectivity index (χ1n) is 4.56. The molecule has 0 unspecified atom stereocenters. The first kappa shape index (κ1) is 10.9. The number of carbonyl (C=O) groups excluding carboxylic acids is 1. The van der Waals surface area contributed by atoms with E-state index in [0.29, 0.717) is 22.7 Å². The molecular formula is C10H10BrN3O2. The Bertz CT molecular complexity index is 577. The Kier molecular flexibility index (Phi) is 2.59. The van der Waals surface area contributed by atoms with E-state index in [2.05, 4.69) is 20.9 Å². The van der Waals surface area contributed by atoms with Gasteiger partial charge in [-0.2, -0.15) is 0 Å². The molecule has 0 saturated carbocycles. The summed E-state index contributed by atoms with van der Waals surface area (Å²) in [5, 5.41) is 0. The van der Waals surface area contributed by atoms with Crippen LogP contribution >= 0.6 is 15.9 Å². The number of esters is 1. The van der Waals surface area contributed by atoms with Gasteiger partial charge < -0.3 is 10.5 Å². The number of pyridine rings is 1. The molecule has 84 valence electrons. The van der Waals surface area contributed by atoms with E-state index in [1.54, 1.807) is 23.6 Å². The molecule has 0 radical (unpaired) electrons. The van der Waals surface area contributed by atoms with Crippen LogP contribution in [-0.2, 0) is 4.74 Å². The van der Waals surface area contributed by atoms with Gasteiger partial charge >= 0.3 is 5.97 Å². The number of nitrogens with two attached hydrogens (primary N) is 1. The summed E-state index contributed by atoms with van der Waals surface area (Å²) in [5.41, 5.74) is 7.91. The molecule has 2 rings (SSSR count). The van der Waals surface area contributed by atoms with Gasteiger partial charge in [0.05, 0.1) is 17.3 Å². The average molecular weight is 284 g/mol. The van der Waals surface area contributed by atoms with Crippen LogP contribution in [0.3, 0.4) is 0 Å². The minimum Gasteiger partial charge on any atom is -0.464 e. The summed E-state index contributed by atoms with van der Waals surface area (Å²) in [5.74, 6) is -0.428. The molecule has 5 nitrogen and oxygen atoms in total. The highest BCUT2D eigenvalue weighted by atomic mass is 79.9. The van der Waals surface area contributed by atoms with E-state index in [-0.39, 0.29) is 0 Å². The fourth-order valence-electron chi connectivity index (χ4n) is 1.58. The zero-order chi connectivity index (χ0) is 11.9. The van der Waals surface area contributed by atoms with Gasteiger partial charge in [0.15, 0.2) is 11.3 Å². The van der Waals surface area contributed by atoms with Crippen LogP contribution in [-0.4, -0.2) is 22.5 Å². The Morgan fingerprint density at radius 2 is 2.31 bits per heavy atom. The number of hydrogen-bond donors (Lipinski definition) is 1. The number of carbonyl (C=O) groups is 1. The average Bonchev–Trinajstić information content (AvgIpc) is 2.54. The topological polar surface area (TPSA) is 69.6 Å². The van der Waals surface area contributed by atoms with Crippen molar-refractivity contribution in [3.8, 4) is 0 Å². The lowest BCUT2D eigenvalue weighted by atomic mass is 10.3. The smallest absolute Gasteiger partial charge is 0.356 e. The van der Waals surface area contributed by atoms with Gasteiger partial charge in [-0.3, -0.25) is 4.40 Å². The monoisotopic (exact) mass is 283 g/mol. The number of methoxy groups -OCH3 is 1. The maximum atomic E-state index is 11.6. The largest absolute Gasteiger partial charge is 0.464 e. The number of fused-ring (bicyclic) bond motifs is 1. The van der Waals surface area contributed by atoms with E-state index < -0.39 is 5.97 Å². The fraction of sp³-hybridized carbons (Fsp3) is 0.200. The van der Waals surface area contributed by atoms with Gasteiger partial charge in [-0.15, -0.1) is 0 Å². The number of halogens is 1. The summed E-state index contributed by atoms with van der Waals surface area (Å²) in [7, 11) is 1.34. The fourth-order valence-corrected chi connectivity index (χ4v) is 2.12. The lowest BCUT2D eigenvalue weighted by molar-refractivity contribution is 0.0592. The number of aryl methyl sites for hydroxylation is 1. The van der Waals surface area contributed by atoms with E-state index in [4.69, 9.17) is 10.5 Å². The zero-order valence-corrected chi connectivity index (χ0v) is 10.4. The van der Waals surface area contributed by atoms with Crippen molar-refractivity contribution in [2.75, 3.05) is 12.8 Å². The molecule has 0 amide bonds. The van der Waals surface area contributed by atoms with Gasteiger partial charge in [-0.05, 0) is 28.9 Å². The molecule has 16 heavy (non-hydrogen) atoms. The second-order valence-electron chi connectivity index (χ2n) is 3.35. The van der Waals surface area contributed by atoms with Crippen molar-refractivity contribution in [1.82, 2.24) is 9.38 Å². The summed E-state index contributed by atoms with van der Waals surface area (Å²) in [6.07, 6.45) is 1.65. The Morgan fingerprint density at radius 1 is 1.62 bits per heavy atom. The maximum absolute atomic E-state index is 11.6. The summed E-state index contributed by atoms with van der Waals surface area (Å²) < 4.78 is 7.07. The molecule has 0 atom stereocenters. The molecule has 2 N–H and O–H groups in total. The summed E-state index contributed by atoms with van der Waals surface area (Å²) in [4.78, 5) is 15.9. The van der Waals surface area contributed by atoms with Gasteiger partial charge in [-0.25, -0.2) is 9.78 Å². The van der Waals surface area contributed by atoms with Crippen LogP contribution in [0, 0.1) is 6.92 Å². The number of nitrogens with zero attached hydrogens (tertiary/aromatic N) is 2. The first-order chi connectivity index (χ1) is 7.54. The normalized spacial score (nSPS) is 10.7.